The summed E-state index contributed by atoms with van der Waals surface area (Å²) in [6, 6.07) is 5.01. The summed E-state index contributed by atoms with van der Waals surface area (Å²) in [6.45, 7) is -1.44. The van der Waals surface area contributed by atoms with Gasteiger partial charge in [-0.05, 0) is 24.6 Å². The van der Waals surface area contributed by atoms with E-state index >= 15 is 0 Å². The van der Waals surface area contributed by atoms with Gasteiger partial charge >= 0.3 is 36.1 Å². The Morgan fingerprint density at radius 1 is 0.927 bits per heavy atom. The molecule has 0 saturated carbocycles. The average Bonchev–Trinajstić information content (AvgIpc) is 2.87. The van der Waals surface area contributed by atoms with Crippen LogP contribution in [-0.2, 0) is 25.4 Å². The molecule has 1 rings (SSSR count). The number of rotatable bonds is 18. The second-order valence-electron chi connectivity index (χ2n) is 8.20. The van der Waals surface area contributed by atoms with Crippen LogP contribution in [0.5, 0.6) is 5.75 Å². The van der Waals surface area contributed by atoms with Crippen molar-refractivity contribution in [3.63, 3.8) is 0 Å². The number of methoxy groups -OCH3 is 1. The second-order valence-corrected chi connectivity index (χ2v) is 8.20. The molecule has 0 aliphatic rings. The number of hydrogen-bond acceptors (Lipinski definition) is 6. The summed E-state index contributed by atoms with van der Waals surface area (Å²) < 4.78 is 136. The molecule has 236 valence electrons. The predicted molar refractivity (Wildman–Crippen MR) is 122 cm³/mol. The van der Waals surface area contributed by atoms with Crippen LogP contribution in [0.15, 0.2) is 24.3 Å². The lowest BCUT2D eigenvalue weighted by Crippen LogP contribution is -2.62. The first-order valence-corrected chi connectivity index (χ1v) is 11.8. The molecule has 2 N–H and O–H groups in total. The SMILES string of the molecule is CCOC(Cc1ccc(OCCN(CCOC(F)(F)C(F)(F)C(F)(F)C(F)(F)F)C(=O)NCCOC)cc1)C(=O)O. The Hall–Kier alpha value is -2.99. The van der Waals surface area contributed by atoms with Gasteiger partial charge in [-0.2, -0.15) is 39.5 Å². The highest BCUT2D eigenvalue weighted by molar-refractivity contribution is 5.74. The predicted octanol–water partition coefficient (Wildman–Crippen LogP) is 4.20. The van der Waals surface area contributed by atoms with Crippen LogP contribution in [0.3, 0.4) is 0 Å². The van der Waals surface area contributed by atoms with Crippen molar-refractivity contribution in [3.05, 3.63) is 29.8 Å². The molecule has 0 bridgehead atoms. The van der Waals surface area contributed by atoms with Gasteiger partial charge in [-0.15, -0.1) is 0 Å². The minimum Gasteiger partial charge on any atom is -0.492 e. The summed E-state index contributed by atoms with van der Waals surface area (Å²) in [5.41, 5.74) is 0.586. The summed E-state index contributed by atoms with van der Waals surface area (Å²) in [5, 5.41) is 11.4. The third-order valence-electron chi connectivity index (χ3n) is 5.25. The molecule has 0 aromatic heterocycles. The summed E-state index contributed by atoms with van der Waals surface area (Å²) in [5.74, 6) is -15.0. The van der Waals surface area contributed by atoms with Crippen molar-refractivity contribution in [2.24, 2.45) is 0 Å². The van der Waals surface area contributed by atoms with Gasteiger partial charge in [-0.3, -0.25) is 0 Å². The number of hydrogen-bond donors (Lipinski definition) is 2. The van der Waals surface area contributed by atoms with E-state index in [1.165, 1.54) is 31.4 Å². The number of alkyl halides is 9. The van der Waals surface area contributed by atoms with Gasteiger partial charge in [0.25, 0.3) is 0 Å². The fourth-order valence-corrected chi connectivity index (χ4v) is 3.05. The monoisotopic (exact) mass is 616 g/mol. The Morgan fingerprint density at radius 3 is 2.02 bits per heavy atom. The van der Waals surface area contributed by atoms with E-state index < -0.39 is 61.9 Å². The Balaban J connectivity index is 2.82. The first-order chi connectivity index (χ1) is 18.9. The molecule has 0 saturated heterocycles. The zero-order chi connectivity index (χ0) is 31.5. The molecule has 0 spiro atoms. The van der Waals surface area contributed by atoms with E-state index in [0.717, 1.165) is 0 Å². The number of urea groups is 1. The minimum absolute atomic E-state index is 0.0157. The third-order valence-corrected chi connectivity index (χ3v) is 5.25. The van der Waals surface area contributed by atoms with Crippen LogP contribution < -0.4 is 10.1 Å². The third kappa shape index (κ3) is 10.1. The lowest BCUT2D eigenvalue weighted by Gasteiger charge is -2.33. The van der Waals surface area contributed by atoms with E-state index in [1.807, 2.05) is 0 Å². The van der Waals surface area contributed by atoms with E-state index in [-0.39, 0.29) is 38.5 Å². The molecule has 1 aromatic rings. The molecule has 41 heavy (non-hydrogen) atoms. The maximum atomic E-state index is 13.6. The van der Waals surface area contributed by atoms with Crippen molar-refractivity contribution in [1.29, 1.82) is 0 Å². The molecule has 1 atom stereocenters. The van der Waals surface area contributed by atoms with Gasteiger partial charge < -0.3 is 34.3 Å². The summed E-state index contributed by atoms with van der Waals surface area (Å²) in [7, 11) is 1.30. The Morgan fingerprint density at radius 2 is 1.51 bits per heavy atom. The van der Waals surface area contributed by atoms with E-state index in [9.17, 15) is 49.1 Å². The standard InChI is InChI=1S/C23H29F9N2O7/c1-3-39-17(18(35)36)14-15-4-6-16(7-5-15)40-12-9-34(19(37)33-8-11-38-2)10-13-41-23(31,32)21(26,27)20(24,25)22(28,29)30/h4-7,17H,3,8-14H2,1-2H3,(H,33,37)(H,35,36). The second kappa shape index (κ2) is 15.3. The van der Waals surface area contributed by atoms with Crippen molar-refractivity contribution in [1.82, 2.24) is 10.2 Å². The number of benzene rings is 1. The Bertz CT molecular complexity index is 964. The lowest BCUT2D eigenvalue weighted by atomic mass is 10.1. The smallest absolute Gasteiger partial charge is 0.460 e. The van der Waals surface area contributed by atoms with Gasteiger partial charge in [0.05, 0.1) is 19.8 Å². The molecular weight excluding hydrogens is 587 g/mol. The molecule has 0 heterocycles. The van der Waals surface area contributed by atoms with Gasteiger partial charge in [0.1, 0.15) is 12.4 Å². The van der Waals surface area contributed by atoms with Gasteiger partial charge in [0.15, 0.2) is 6.10 Å². The highest BCUT2D eigenvalue weighted by atomic mass is 19.4. The number of carboxylic acids is 1. The van der Waals surface area contributed by atoms with Crippen molar-refractivity contribution < 1.29 is 73.2 Å². The molecule has 0 aliphatic carbocycles. The molecule has 18 heteroatoms. The average molecular weight is 616 g/mol. The highest BCUT2D eigenvalue weighted by Crippen LogP contribution is 2.53. The maximum Gasteiger partial charge on any atom is 0.460 e. The number of carbonyl (C=O) groups is 2. The number of ether oxygens (including phenoxy) is 4. The van der Waals surface area contributed by atoms with Crippen LogP contribution in [0.25, 0.3) is 0 Å². The quantitative estimate of drug-likeness (QED) is 0.188. The first-order valence-electron chi connectivity index (χ1n) is 11.8. The van der Waals surface area contributed by atoms with E-state index in [0.29, 0.717) is 10.5 Å². The zero-order valence-electron chi connectivity index (χ0n) is 21.8. The van der Waals surface area contributed by atoms with Gasteiger partial charge in [-0.1, -0.05) is 12.1 Å². The number of nitrogens with one attached hydrogen (secondary N) is 1. The molecule has 9 nitrogen and oxygen atoms in total. The number of nitrogens with zero attached hydrogens (tertiary/aromatic N) is 1. The summed E-state index contributed by atoms with van der Waals surface area (Å²) >= 11 is 0. The van der Waals surface area contributed by atoms with Crippen LogP contribution in [0, 0.1) is 0 Å². The first kappa shape index (κ1) is 36.0. The number of carbonyl (C=O) groups excluding carboxylic acids is 1. The number of halogens is 9. The highest BCUT2D eigenvalue weighted by Gasteiger charge is 2.82. The van der Waals surface area contributed by atoms with Crippen molar-refractivity contribution in [3.8, 4) is 5.75 Å². The molecule has 1 aromatic carbocycles. The van der Waals surface area contributed by atoms with Crippen LogP contribution >= 0.6 is 0 Å². The van der Waals surface area contributed by atoms with Crippen LogP contribution in [0.4, 0.5) is 44.3 Å². The minimum atomic E-state index is -7.11. The zero-order valence-corrected chi connectivity index (χ0v) is 21.8. The van der Waals surface area contributed by atoms with Gasteiger partial charge in [0, 0.05) is 33.2 Å². The number of aliphatic carboxylic acids is 1. The molecular formula is C23H29F9N2O7. The van der Waals surface area contributed by atoms with Crippen LogP contribution in [0.2, 0.25) is 0 Å². The van der Waals surface area contributed by atoms with Crippen molar-refractivity contribution in [2.75, 3.05) is 53.2 Å². The fourth-order valence-electron chi connectivity index (χ4n) is 3.05. The fraction of sp³-hybridized carbons (Fsp3) is 0.652. The molecule has 1 unspecified atom stereocenters. The summed E-state index contributed by atoms with van der Waals surface area (Å²) in [4.78, 5) is 24.3. The molecule has 0 radical (unpaired) electrons. The molecule has 0 fully saturated rings. The largest absolute Gasteiger partial charge is 0.492 e. The molecule has 0 aliphatic heterocycles. The van der Waals surface area contributed by atoms with Crippen LogP contribution in [0.1, 0.15) is 12.5 Å². The van der Waals surface area contributed by atoms with Gasteiger partial charge in [0.2, 0.25) is 0 Å². The van der Waals surface area contributed by atoms with Crippen molar-refractivity contribution >= 4 is 12.0 Å². The maximum absolute atomic E-state index is 13.6. The van der Waals surface area contributed by atoms with Crippen molar-refractivity contribution in [2.45, 2.75) is 43.6 Å². The van der Waals surface area contributed by atoms with Gasteiger partial charge in [-0.25, -0.2) is 9.59 Å². The lowest BCUT2D eigenvalue weighted by molar-refractivity contribution is -0.443. The Kier molecular flexibility index (Phi) is 13.4. The van der Waals surface area contributed by atoms with Crippen LogP contribution in [-0.4, -0.2) is 105 Å². The normalized spacial score (nSPS) is 13.5. The van der Waals surface area contributed by atoms with E-state index in [2.05, 4.69) is 10.1 Å². The Labute approximate surface area is 228 Å². The molecule has 2 amide bonds. The number of carboxylic acid groups (broad SMARTS) is 1. The number of amides is 2. The van der Waals surface area contributed by atoms with E-state index in [1.54, 1.807) is 6.92 Å². The van der Waals surface area contributed by atoms with E-state index in [4.69, 9.17) is 19.3 Å². The topological polar surface area (TPSA) is 107 Å². The summed E-state index contributed by atoms with van der Waals surface area (Å²) in [6.07, 6.45) is -14.3.